The van der Waals surface area contributed by atoms with Crippen LogP contribution in [-0.2, 0) is 14.3 Å². The van der Waals surface area contributed by atoms with Crippen LogP contribution >= 0.6 is 23.2 Å². The van der Waals surface area contributed by atoms with Gasteiger partial charge in [-0.15, -0.1) is 0 Å². The van der Waals surface area contributed by atoms with E-state index >= 15 is 0 Å². The summed E-state index contributed by atoms with van der Waals surface area (Å²) in [7, 11) is 1.50. The Morgan fingerprint density at radius 2 is 1.89 bits per heavy atom. The van der Waals surface area contributed by atoms with Gasteiger partial charge in [0.2, 0.25) is 0 Å². The van der Waals surface area contributed by atoms with E-state index in [1.165, 1.54) is 13.3 Å². The number of amides is 1. The van der Waals surface area contributed by atoms with Crippen LogP contribution in [0.5, 0.6) is 11.5 Å². The largest absolute Gasteiger partial charge is 0.493 e. The number of nitrogens with one attached hydrogen (secondary N) is 1. The monoisotopic (exact) mass is 412 g/mol. The molecule has 1 amide bonds. The van der Waals surface area contributed by atoms with Gasteiger partial charge >= 0.3 is 5.97 Å². The topological polar surface area (TPSA) is 86.8 Å². The van der Waals surface area contributed by atoms with Crippen molar-refractivity contribution in [2.45, 2.75) is 13.8 Å². The summed E-state index contributed by atoms with van der Waals surface area (Å²) in [4.78, 5) is 27.6. The SMILES string of the molecule is COc1cc(C)ccc1OCC(=O)OCC(=O)Nc1ncc(Cl)c(C)c1Cl. The number of aryl methyl sites for hydroxylation is 1. The standard InChI is InChI=1S/C18H18Cl2N2O5/c1-10-4-5-13(14(6-10)25-3)26-9-16(24)27-8-15(23)22-18-17(20)11(2)12(19)7-21-18/h4-7H,8-9H2,1-3H3,(H,21,22,23). The number of nitrogens with zero attached hydrogens (tertiary/aromatic N) is 1. The highest BCUT2D eigenvalue weighted by Crippen LogP contribution is 2.29. The van der Waals surface area contributed by atoms with E-state index in [9.17, 15) is 9.59 Å². The molecule has 1 heterocycles. The van der Waals surface area contributed by atoms with E-state index in [2.05, 4.69) is 10.3 Å². The molecule has 0 aliphatic rings. The van der Waals surface area contributed by atoms with Gasteiger partial charge in [0.15, 0.2) is 30.5 Å². The second-order valence-corrected chi connectivity index (χ2v) is 6.33. The first-order valence-corrected chi connectivity index (χ1v) is 8.61. The Kier molecular flexibility index (Phi) is 7.27. The summed E-state index contributed by atoms with van der Waals surface area (Å²) < 4.78 is 15.4. The Bertz CT molecular complexity index is 858. The zero-order valence-corrected chi connectivity index (χ0v) is 16.5. The Morgan fingerprint density at radius 1 is 1.15 bits per heavy atom. The lowest BCUT2D eigenvalue weighted by Crippen LogP contribution is -2.24. The molecule has 144 valence electrons. The molecule has 0 spiro atoms. The van der Waals surface area contributed by atoms with Crippen LogP contribution in [0.1, 0.15) is 11.1 Å². The Morgan fingerprint density at radius 3 is 2.59 bits per heavy atom. The normalized spacial score (nSPS) is 10.3. The van der Waals surface area contributed by atoms with Crippen LogP contribution in [0, 0.1) is 13.8 Å². The van der Waals surface area contributed by atoms with E-state index in [1.807, 2.05) is 13.0 Å². The minimum Gasteiger partial charge on any atom is -0.493 e. The molecule has 0 saturated carbocycles. The van der Waals surface area contributed by atoms with Crippen LogP contribution in [0.2, 0.25) is 10.0 Å². The Balaban J connectivity index is 1.83. The summed E-state index contributed by atoms with van der Waals surface area (Å²) in [6.07, 6.45) is 1.37. The molecular formula is C18H18Cl2N2O5. The van der Waals surface area contributed by atoms with Crippen LogP contribution in [0.3, 0.4) is 0 Å². The summed E-state index contributed by atoms with van der Waals surface area (Å²) in [5.41, 5.74) is 1.57. The predicted molar refractivity (Wildman–Crippen MR) is 102 cm³/mol. The summed E-state index contributed by atoms with van der Waals surface area (Å²) in [6, 6.07) is 5.28. The van der Waals surface area contributed by atoms with Gasteiger partial charge in [-0.3, -0.25) is 4.79 Å². The number of anilines is 1. The van der Waals surface area contributed by atoms with Gasteiger partial charge in [-0.25, -0.2) is 9.78 Å². The van der Waals surface area contributed by atoms with Crippen molar-refractivity contribution in [3.05, 3.63) is 45.6 Å². The molecular weight excluding hydrogens is 395 g/mol. The van der Waals surface area contributed by atoms with E-state index in [-0.39, 0.29) is 17.4 Å². The molecule has 2 aromatic rings. The van der Waals surface area contributed by atoms with Gasteiger partial charge in [-0.1, -0.05) is 29.3 Å². The number of ether oxygens (including phenoxy) is 3. The third-order valence-corrected chi connectivity index (χ3v) is 4.33. The smallest absolute Gasteiger partial charge is 0.344 e. The zero-order chi connectivity index (χ0) is 20.0. The minimum absolute atomic E-state index is 0.139. The van der Waals surface area contributed by atoms with E-state index in [1.54, 1.807) is 19.1 Å². The number of aromatic nitrogens is 1. The van der Waals surface area contributed by atoms with Gasteiger partial charge in [0.1, 0.15) is 0 Å². The number of esters is 1. The second-order valence-electron chi connectivity index (χ2n) is 5.55. The fourth-order valence-electron chi connectivity index (χ4n) is 2.03. The van der Waals surface area contributed by atoms with E-state index < -0.39 is 18.5 Å². The summed E-state index contributed by atoms with van der Waals surface area (Å²) in [5, 5.41) is 3.06. The van der Waals surface area contributed by atoms with E-state index in [0.717, 1.165) is 5.56 Å². The lowest BCUT2D eigenvalue weighted by atomic mass is 10.2. The average molecular weight is 413 g/mol. The fourth-order valence-corrected chi connectivity index (χ4v) is 2.42. The first-order chi connectivity index (χ1) is 12.8. The van der Waals surface area contributed by atoms with Gasteiger partial charge in [-0.2, -0.15) is 0 Å². The molecule has 0 fully saturated rings. The molecule has 1 aromatic carbocycles. The van der Waals surface area contributed by atoms with Crippen LogP contribution in [0.15, 0.2) is 24.4 Å². The molecule has 0 aliphatic heterocycles. The first-order valence-electron chi connectivity index (χ1n) is 7.85. The minimum atomic E-state index is -0.709. The molecule has 0 radical (unpaired) electrons. The molecule has 2 rings (SSSR count). The molecule has 7 nitrogen and oxygen atoms in total. The van der Waals surface area contributed by atoms with Gasteiger partial charge in [0.25, 0.3) is 5.91 Å². The maximum Gasteiger partial charge on any atom is 0.344 e. The second kappa shape index (κ2) is 9.43. The van der Waals surface area contributed by atoms with Crippen LogP contribution < -0.4 is 14.8 Å². The number of carbonyl (C=O) groups excluding carboxylic acids is 2. The van der Waals surface area contributed by atoms with Crippen molar-refractivity contribution < 1.29 is 23.8 Å². The van der Waals surface area contributed by atoms with Crippen molar-refractivity contribution in [2.75, 3.05) is 25.6 Å². The van der Waals surface area contributed by atoms with Gasteiger partial charge < -0.3 is 19.5 Å². The van der Waals surface area contributed by atoms with Crippen LogP contribution in [0.4, 0.5) is 5.82 Å². The molecule has 0 saturated heterocycles. The molecule has 27 heavy (non-hydrogen) atoms. The average Bonchev–Trinajstić information content (AvgIpc) is 2.65. The highest BCUT2D eigenvalue weighted by molar-refractivity contribution is 6.37. The van der Waals surface area contributed by atoms with Crippen molar-refractivity contribution in [1.82, 2.24) is 4.98 Å². The number of hydrogen-bond acceptors (Lipinski definition) is 6. The molecule has 0 unspecified atom stereocenters. The maximum absolute atomic E-state index is 11.9. The molecule has 1 N–H and O–H groups in total. The van der Waals surface area contributed by atoms with Gasteiger partial charge in [0.05, 0.1) is 17.2 Å². The number of hydrogen-bond donors (Lipinski definition) is 1. The third-order valence-electron chi connectivity index (χ3n) is 3.49. The van der Waals surface area contributed by atoms with Crippen molar-refractivity contribution in [3.63, 3.8) is 0 Å². The summed E-state index contributed by atoms with van der Waals surface area (Å²) >= 11 is 12.0. The molecule has 0 atom stereocenters. The lowest BCUT2D eigenvalue weighted by Gasteiger charge is -2.11. The van der Waals surface area contributed by atoms with E-state index in [0.29, 0.717) is 22.1 Å². The highest BCUT2D eigenvalue weighted by atomic mass is 35.5. The van der Waals surface area contributed by atoms with Crippen molar-refractivity contribution in [3.8, 4) is 11.5 Å². The van der Waals surface area contributed by atoms with Crippen molar-refractivity contribution in [1.29, 1.82) is 0 Å². The van der Waals surface area contributed by atoms with Crippen LogP contribution in [-0.4, -0.2) is 37.2 Å². The fraction of sp³-hybridized carbons (Fsp3) is 0.278. The van der Waals surface area contributed by atoms with Crippen molar-refractivity contribution >= 4 is 40.9 Å². The number of pyridine rings is 1. The Hall–Kier alpha value is -2.51. The van der Waals surface area contributed by atoms with E-state index in [4.69, 9.17) is 37.4 Å². The molecule has 0 bridgehead atoms. The first kappa shape index (κ1) is 20.8. The van der Waals surface area contributed by atoms with Gasteiger partial charge in [0, 0.05) is 6.20 Å². The summed E-state index contributed by atoms with van der Waals surface area (Å²) in [6.45, 7) is 2.72. The summed E-state index contributed by atoms with van der Waals surface area (Å²) in [5.74, 6) is -0.261. The highest BCUT2D eigenvalue weighted by Gasteiger charge is 2.14. The predicted octanol–water partition coefficient (Wildman–Crippen LogP) is 3.57. The third kappa shape index (κ3) is 5.74. The van der Waals surface area contributed by atoms with Gasteiger partial charge in [-0.05, 0) is 37.1 Å². The molecule has 1 aromatic heterocycles. The number of methoxy groups -OCH3 is 1. The molecule has 9 heteroatoms. The Labute approximate surface area is 166 Å². The van der Waals surface area contributed by atoms with Crippen molar-refractivity contribution in [2.24, 2.45) is 0 Å². The lowest BCUT2D eigenvalue weighted by molar-refractivity contribution is -0.149. The maximum atomic E-state index is 11.9. The number of halogens is 2. The number of rotatable bonds is 7. The van der Waals surface area contributed by atoms with Crippen LogP contribution in [0.25, 0.3) is 0 Å². The molecule has 0 aliphatic carbocycles. The number of carbonyl (C=O) groups is 2. The quantitative estimate of drug-likeness (QED) is 0.699. The number of benzene rings is 1. The zero-order valence-electron chi connectivity index (χ0n) is 15.0.